The van der Waals surface area contributed by atoms with Crippen LogP contribution in [0.15, 0.2) is 24.5 Å². The molecule has 2 aliphatic rings. The van der Waals surface area contributed by atoms with Gasteiger partial charge in [-0.15, -0.1) is 0 Å². The summed E-state index contributed by atoms with van der Waals surface area (Å²) in [7, 11) is 0. The molecular weight excluding hydrogens is 356 g/mol. The molecule has 27 heavy (non-hydrogen) atoms. The van der Waals surface area contributed by atoms with Gasteiger partial charge < -0.3 is 9.84 Å². The number of rotatable bonds is 5. The van der Waals surface area contributed by atoms with Gasteiger partial charge in [-0.3, -0.25) is 9.58 Å². The van der Waals surface area contributed by atoms with E-state index in [1.807, 2.05) is 17.8 Å². The molecule has 1 fully saturated rings. The van der Waals surface area contributed by atoms with Gasteiger partial charge in [0.15, 0.2) is 0 Å². The molecule has 1 aromatic carbocycles. The molecular formula is C19H21F2N3O3. The number of aromatic nitrogens is 2. The lowest BCUT2D eigenvalue weighted by Gasteiger charge is -2.34. The van der Waals surface area contributed by atoms with Gasteiger partial charge in [-0.25, -0.2) is 13.6 Å². The van der Waals surface area contributed by atoms with Crippen LogP contribution in [0.5, 0.6) is 5.75 Å². The molecule has 6 nitrogen and oxygen atoms in total. The summed E-state index contributed by atoms with van der Waals surface area (Å²) < 4.78 is 33.0. The van der Waals surface area contributed by atoms with E-state index in [4.69, 9.17) is 4.74 Å². The molecule has 0 bridgehead atoms. The van der Waals surface area contributed by atoms with Gasteiger partial charge in [-0.1, -0.05) is 0 Å². The van der Waals surface area contributed by atoms with Gasteiger partial charge >= 0.3 is 6.09 Å². The number of carboxylic acid groups (broad SMARTS) is 1. The number of ether oxygens (including phenoxy) is 1. The molecule has 0 saturated heterocycles. The van der Waals surface area contributed by atoms with Crippen LogP contribution in [0.2, 0.25) is 0 Å². The zero-order valence-corrected chi connectivity index (χ0v) is 14.9. The topological polar surface area (TPSA) is 67.6 Å². The summed E-state index contributed by atoms with van der Waals surface area (Å²) in [6, 6.07) is 3.70. The van der Waals surface area contributed by atoms with E-state index < -0.39 is 19.1 Å². The number of anilines is 1. The van der Waals surface area contributed by atoms with E-state index in [2.05, 4.69) is 5.10 Å². The number of fused-ring (bicyclic) bond motifs is 1. The minimum atomic E-state index is -2.61. The Labute approximate surface area is 155 Å². The minimum absolute atomic E-state index is 0.179. The second kappa shape index (κ2) is 6.83. The summed E-state index contributed by atoms with van der Waals surface area (Å²) in [5, 5.41) is 13.9. The molecule has 0 radical (unpaired) electrons. The molecule has 1 aliphatic carbocycles. The van der Waals surface area contributed by atoms with Crippen LogP contribution in [0.1, 0.15) is 37.8 Å². The van der Waals surface area contributed by atoms with Crippen molar-refractivity contribution in [2.75, 3.05) is 11.5 Å². The maximum Gasteiger partial charge on any atom is 0.412 e. The molecule has 1 amide bonds. The van der Waals surface area contributed by atoms with E-state index in [0.29, 0.717) is 41.4 Å². The largest absolute Gasteiger partial charge is 0.487 e. The highest BCUT2D eigenvalue weighted by molar-refractivity contribution is 5.91. The number of alkyl halides is 2. The average molecular weight is 377 g/mol. The first-order valence-corrected chi connectivity index (χ1v) is 9.09. The monoisotopic (exact) mass is 377 g/mol. The zero-order valence-electron chi connectivity index (χ0n) is 14.9. The van der Waals surface area contributed by atoms with E-state index in [-0.39, 0.29) is 6.04 Å². The Balaban J connectivity index is 1.79. The summed E-state index contributed by atoms with van der Waals surface area (Å²) in [4.78, 5) is 13.0. The fourth-order valence-corrected chi connectivity index (χ4v) is 3.65. The maximum atomic E-state index is 12.8. The summed E-state index contributed by atoms with van der Waals surface area (Å²) >= 11 is 0. The summed E-state index contributed by atoms with van der Waals surface area (Å²) in [6.07, 6.45) is 3.29. The van der Waals surface area contributed by atoms with Gasteiger partial charge in [-0.05, 0) is 44.7 Å². The van der Waals surface area contributed by atoms with Crippen LogP contribution in [0.25, 0.3) is 11.1 Å². The van der Waals surface area contributed by atoms with Crippen molar-refractivity contribution in [1.29, 1.82) is 0 Å². The molecule has 1 atom stereocenters. The fraction of sp³-hybridized carbons (Fsp3) is 0.474. The van der Waals surface area contributed by atoms with Crippen molar-refractivity contribution in [2.24, 2.45) is 0 Å². The Morgan fingerprint density at radius 3 is 2.81 bits per heavy atom. The second-order valence-corrected chi connectivity index (χ2v) is 7.12. The number of amides is 1. The van der Waals surface area contributed by atoms with Crippen LogP contribution in [0.4, 0.5) is 19.3 Å². The van der Waals surface area contributed by atoms with E-state index in [1.54, 1.807) is 18.3 Å². The molecule has 144 valence electrons. The standard InChI is InChI=1S/C19H21F2N3O3/c1-11-2-5-15-16(24(11)19(25)26)7-6-14(18(15)27-10-17(20)21)12-8-22-23(9-12)13-3-4-13/h6-9,11,13,17H,2-5,10H2,1H3,(H,25,26)/t11-/m0/s1. The SMILES string of the molecule is C[C@H]1CCc2c(ccc(-c3cnn(C4CC4)c3)c2OCC(F)F)N1C(=O)O. The molecule has 0 unspecified atom stereocenters. The van der Waals surface area contributed by atoms with E-state index in [9.17, 15) is 18.7 Å². The average Bonchev–Trinajstić information content (AvgIpc) is 3.36. The quantitative estimate of drug-likeness (QED) is 0.841. The molecule has 1 saturated carbocycles. The van der Waals surface area contributed by atoms with Crippen molar-refractivity contribution in [1.82, 2.24) is 9.78 Å². The van der Waals surface area contributed by atoms with Gasteiger partial charge in [0.05, 0.1) is 17.9 Å². The Bertz CT molecular complexity index is 864. The lowest BCUT2D eigenvalue weighted by molar-refractivity contribution is 0.0816. The highest BCUT2D eigenvalue weighted by Crippen LogP contribution is 2.44. The first-order chi connectivity index (χ1) is 13.0. The van der Waals surface area contributed by atoms with Crippen LogP contribution < -0.4 is 9.64 Å². The molecule has 1 N–H and O–H groups in total. The van der Waals surface area contributed by atoms with Crippen molar-refractivity contribution in [2.45, 2.75) is 51.1 Å². The van der Waals surface area contributed by atoms with Gasteiger partial charge in [0.1, 0.15) is 12.4 Å². The Morgan fingerprint density at radius 2 is 2.15 bits per heavy atom. The minimum Gasteiger partial charge on any atom is -0.487 e. The van der Waals surface area contributed by atoms with Gasteiger partial charge in [-0.2, -0.15) is 5.10 Å². The van der Waals surface area contributed by atoms with Gasteiger partial charge in [0.25, 0.3) is 6.43 Å². The molecule has 1 aliphatic heterocycles. The van der Waals surface area contributed by atoms with Crippen molar-refractivity contribution >= 4 is 11.8 Å². The molecule has 2 aromatic rings. The van der Waals surface area contributed by atoms with Gasteiger partial charge in [0.2, 0.25) is 0 Å². The number of hydrogen-bond acceptors (Lipinski definition) is 3. The highest BCUT2D eigenvalue weighted by Gasteiger charge is 2.32. The Kier molecular flexibility index (Phi) is 4.49. The second-order valence-electron chi connectivity index (χ2n) is 7.12. The van der Waals surface area contributed by atoms with E-state index >= 15 is 0 Å². The summed E-state index contributed by atoms with van der Waals surface area (Å²) in [5.74, 6) is 0.335. The number of halogens is 2. The van der Waals surface area contributed by atoms with Crippen molar-refractivity contribution in [3.8, 4) is 16.9 Å². The first-order valence-electron chi connectivity index (χ1n) is 9.09. The van der Waals surface area contributed by atoms with Crippen LogP contribution in [-0.2, 0) is 6.42 Å². The summed E-state index contributed by atoms with van der Waals surface area (Å²) in [6.45, 7) is 1.10. The molecule has 1 aromatic heterocycles. The van der Waals surface area contributed by atoms with Crippen LogP contribution in [-0.4, -0.2) is 40.1 Å². The maximum absolute atomic E-state index is 12.8. The number of benzene rings is 1. The van der Waals surface area contributed by atoms with Crippen LogP contribution in [0.3, 0.4) is 0 Å². The highest BCUT2D eigenvalue weighted by atomic mass is 19.3. The third-order valence-corrected chi connectivity index (χ3v) is 5.14. The molecule has 0 spiro atoms. The third-order valence-electron chi connectivity index (χ3n) is 5.14. The van der Waals surface area contributed by atoms with Crippen LogP contribution in [0, 0.1) is 0 Å². The Hall–Kier alpha value is -2.64. The lowest BCUT2D eigenvalue weighted by atomic mass is 9.92. The predicted molar refractivity (Wildman–Crippen MR) is 95.7 cm³/mol. The zero-order chi connectivity index (χ0) is 19.1. The smallest absolute Gasteiger partial charge is 0.412 e. The normalized spacial score (nSPS) is 19.3. The van der Waals surface area contributed by atoms with E-state index in [0.717, 1.165) is 18.4 Å². The fourth-order valence-electron chi connectivity index (χ4n) is 3.65. The van der Waals surface area contributed by atoms with Gasteiger partial charge in [0, 0.05) is 28.9 Å². The summed E-state index contributed by atoms with van der Waals surface area (Å²) in [5.41, 5.74) is 2.62. The van der Waals surface area contributed by atoms with Crippen molar-refractivity contribution < 1.29 is 23.4 Å². The predicted octanol–water partition coefficient (Wildman–Crippen LogP) is 4.35. The molecule has 4 rings (SSSR count). The molecule has 2 heterocycles. The third kappa shape index (κ3) is 3.36. The number of hydrogen-bond donors (Lipinski definition) is 1. The lowest BCUT2D eigenvalue weighted by Crippen LogP contribution is -2.41. The number of carbonyl (C=O) groups is 1. The van der Waals surface area contributed by atoms with Crippen LogP contribution >= 0.6 is 0 Å². The Morgan fingerprint density at radius 1 is 1.37 bits per heavy atom. The van der Waals surface area contributed by atoms with Crippen molar-refractivity contribution in [3.05, 3.63) is 30.1 Å². The molecule has 8 heteroatoms. The van der Waals surface area contributed by atoms with E-state index in [1.165, 1.54) is 4.90 Å². The number of nitrogens with zero attached hydrogens (tertiary/aromatic N) is 3. The first kappa shape index (κ1) is 17.8. The van der Waals surface area contributed by atoms with Crippen molar-refractivity contribution in [3.63, 3.8) is 0 Å².